The highest BCUT2D eigenvalue weighted by atomic mass is 16.4. The number of nitrogens with zero attached hydrogens (tertiary/aromatic N) is 3. The number of carboxylic acid groups (broad SMARTS) is 1. The average molecular weight is 265 g/mol. The van der Waals surface area contributed by atoms with E-state index in [9.17, 15) is 4.79 Å². The molecule has 0 aromatic carbocycles. The van der Waals surface area contributed by atoms with E-state index in [-0.39, 0.29) is 12.6 Å². The highest BCUT2D eigenvalue weighted by molar-refractivity contribution is 5.69. The Bertz CT molecular complexity index is 477. The van der Waals surface area contributed by atoms with Crippen LogP contribution < -0.4 is 0 Å². The molecule has 1 N–H and O–H groups in total. The first-order valence-corrected chi connectivity index (χ1v) is 6.97. The predicted molar refractivity (Wildman–Crippen MR) is 73.2 cm³/mol. The summed E-state index contributed by atoms with van der Waals surface area (Å²) >= 11 is 0. The van der Waals surface area contributed by atoms with Crippen molar-refractivity contribution in [2.75, 3.05) is 6.54 Å². The van der Waals surface area contributed by atoms with Gasteiger partial charge in [0, 0.05) is 29.9 Å². The van der Waals surface area contributed by atoms with E-state index in [2.05, 4.69) is 30.8 Å². The third-order valence-electron chi connectivity index (χ3n) is 3.99. The second-order valence-corrected chi connectivity index (χ2v) is 5.37. The van der Waals surface area contributed by atoms with Crippen LogP contribution in [0.2, 0.25) is 0 Å². The maximum Gasteiger partial charge on any atom is 0.317 e. The molecule has 1 aromatic rings. The molecule has 0 radical (unpaired) electrons. The summed E-state index contributed by atoms with van der Waals surface area (Å²) in [5.74, 6) is -0.753. The van der Waals surface area contributed by atoms with Crippen LogP contribution in [0.4, 0.5) is 0 Å². The minimum Gasteiger partial charge on any atom is -0.480 e. The Hall–Kier alpha value is -1.36. The molecule has 106 valence electrons. The van der Waals surface area contributed by atoms with E-state index in [0.29, 0.717) is 6.04 Å². The van der Waals surface area contributed by atoms with Crippen molar-refractivity contribution in [2.45, 2.75) is 59.2 Å². The lowest BCUT2D eigenvalue weighted by molar-refractivity contribution is -0.139. The van der Waals surface area contributed by atoms with Crippen LogP contribution in [-0.2, 0) is 11.3 Å². The second-order valence-electron chi connectivity index (χ2n) is 5.37. The van der Waals surface area contributed by atoms with Crippen LogP contribution in [0, 0.1) is 13.8 Å². The summed E-state index contributed by atoms with van der Waals surface area (Å²) in [6.07, 6.45) is 2.22. The van der Waals surface area contributed by atoms with Crippen LogP contribution in [0.15, 0.2) is 0 Å². The van der Waals surface area contributed by atoms with Gasteiger partial charge in [0.2, 0.25) is 0 Å². The number of hydrogen-bond donors (Lipinski definition) is 1. The van der Waals surface area contributed by atoms with E-state index in [1.54, 1.807) is 0 Å². The molecule has 0 spiro atoms. The molecule has 1 aliphatic carbocycles. The molecule has 1 unspecified atom stereocenters. The lowest BCUT2D eigenvalue weighted by Gasteiger charge is -2.28. The third-order valence-corrected chi connectivity index (χ3v) is 3.99. The zero-order chi connectivity index (χ0) is 14.2. The molecular weight excluding hydrogens is 242 g/mol. The van der Waals surface area contributed by atoms with E-state index >= 15 is 0 Å². The summed E-state index contributed by atoms with van der Waals surface area (Å²) in [4.78, 5) is 13.1. The molecule has 1 aliphatic rings. The van der Waals surface area contributed by atoms with Gasteiger partial charge in [-0.1, -0.05) is 0 Å². The van der Waals surface area contributed by atoms with Crippen LogP contribution in [-0.4, -0.2) is 38.3 Å². The summed E-state index contributed by atoms with van der Waals surface area (Å²) in [5.41, 5.74) is 3.36. The number of aromatic nitrogens is 2. The molecular formula is C14H23N3O2. The minimum atomic E-state index is -0.753. The zero-order valence-corrected chi connectivity index (χ0v) is 12.2. The fourth-order valence-electron chi connectivity index (χ4n) is 2.93. The minimum absolute atomic E-state index is 0.113. The lowest BCUT2D eigenvalue weighted by atomic mass is 10.0. The molecule has 0 bridgehead atoms. The molecule has 1 heterocycles. The third kappa shape index (κ3) is 2.81. The van der Waals surface area contributed by atoms with Crippen molar-refractivity contribution < 1.29 is 9.90 Å². The zero-order valence-electron chi connectivity index (χ0n) is 12.2. The number of rotatable bonds is 6. The van der Waals surface area contributed by atoms with Crippen molar-refractivity contribution in [3.05, 3.63) is 17.0 Å². The second kappa shape index (κ2) is 5.33. The highest BCUT2D eigenvalue weighted by Gasteiger charge is 2.35. The molecule has 1 aromatic heterocycles. The van der Waals surface area contributed by atoms with Crippen LogP contribution in [0.1, 0.15) is 49.7 Å². The number of carboxylic acids is 1. The lowest BCUT2D eigenvalue weighted by Crippen LogP contribution is -2.34. The molecule has 1 fully saturated rings. The van der Waals surface area contributed by atoms with Gasteiger partial charge in [0.05, 0.1) is 12.2 Å². The van der Waals surface area contributed by atoms with Crippen LogP contribution in [0.5, 0.6) is 0 Å². The fourth-order valence-corrected chi connectivity index (χ4v) is 2.93. The summed E-state index contributed by atoms with van der Waals surface area (Å²) < 4.78 is 1.99. The number of carbonyl (C=O) groups is 1. The van der Waals surface area contributed by atoms with Gasteiger partial charge in [-0.25, -0.2) is 0 Å². The highest BCUT2D eigenvalue weighted by Crippen LogP contribution is 2.36. The first-order chi connectivity index (χ1) is 8.95. The van der Waals surface area contributed by atoms with Gasteiger partial charge in [0.25, 0.3) is 0 Å². The Morgan fingerprint density at radius 1 is 1.53 bits per heavy atom. The summed E-state index contributed by atoms with van der Waals surface area (Å²) in [6, 6.07) is 0.541. The monoisotopic (exact) mass is 265 g/mol. The van der Waals surface area contributed by atoms with Crippen molar-refractivity contribution in [3.63, 3.8) is 0 Å². The Balaban J connectivity index is 2.28. The Morgan fingerprint density at radius 2 is 2.16 bits per heavy atom. The van der Waals surface area contributed by atoms with E-state index in [1.165, 1.54) is 5.56 Å². The van der Waals surface area contributed by atoms with Gasteiger partial charge in [-0.15, -0.1) is 0 Å². The van der Waals surface area contributed by atoms with Gasteiger partial charge < -0.3 is 5.11 Å². The first-order valence-electron chi connectivity index (χ1n) is 6.97. The molecule has 0 aliphatic heterocycles. The van der Waals surface area contributed by atoms with Gasteiger partial charge in [-0.05, 0) is 40.5 Å². The maximum atomic E-state index is 11.0. The molecule has 19 heavy (non-hydrogen) atoms. The summed E-state index contributed by atoms with van der Waals surface area (Å²) in [7, 11) is 0. The van der Waals surface area contributed by atoms with Gasteiger partial charge in [0.1, 0.15) is 0 Å². The van der Waals surface area contributed by atoms with Gasteiger partial charge >= 0.3 is 5.97 Å². The molecule has 1 atom stereocenters. The Morgan fingerprint density at radius 3 is 2.58 bits per heavy atom. The molecule has 2 rings (SSSR count). The van der Waals surface area contributed by atoms with Crippen molar-refractivity contribution in [1.82, 2.24) is 14.7 Å². The van der Waals surface area contributed by atoms with Gasteiger partial charge in [-0.3, -0.25) is 14.4 Å². The van der Waals surface area contributed by atoms with Gasteiger partial charge in [-0.2, -0.15) is 5.10 Å². The molecule has 5 heteroatoms. The van der Waals surface area contributed by atoms with Crippen molar-refractivity contribution in [1.29, 1.82) is 0 Å². The number of hydrogen-bond acceptors (Lipinski definition) is 3. The number of aliphatic carboxylic acids is 1. The number of aryl methyl sites for hydroxylation is 2. The van der Waals surface area contributed by atoms with Crippen LogP contribution >= 0.6 is 0 Å². The SMILES string of the molecule is CCn1nc(C)c(C(C)N(CC(=O)O)C2CC2)c1C. The Kier molecular flexibility index (Phi) is 3.94. The summed E-state index contributed by atoms with van der Waals surface area (Å²) in [5, 5.41) is 13.6. The first kappa shape index (κ1) is 14.1. The fraction of sp³-hybridized carbons (Fsp3) is 0.714. The van der Waals surface area contributed by atoms with Crippen molar-refractivity contribution in [3.8, 4) is 0 Å². The van der Waals surface area contributed by atoms with E-state index in [1.807, 2.05) is 11.6 Å². The average Bonchev–Trinajstić information content (AvgIpc) is 3.12. The van der Waals surface area contributed by atoms with E-state index in [0.717, 1.165) is 30.8 Å². The molecule has 0 saturated heterocycles. The van der Waals surface area contributed by atoms with E-state index in [4.69, 9.17) is 5.11 Å². The molecule has 5 nitrogen and oxygen atoms in total. The maximum absolute atomic E-state index is 11.0. The molecule has 1 saturated carbocycles. The van der Waals surface area contributed by atoms with E-state index < -0.39 is 5.97 Å². The smallest absolute Gasteiger partial charge is 0.317 e. The topological polar surface area (TPSA) is 58.4 Å². The Labute approximate surface area is 114 Å². The largest absolute Gasteiger partial charge is 0.480 e. The van der Waals surface area contributed by atoms with Crippen molar-refractivity contribution >= 4 is 5.97 Å². The van der Waals surface area contributed by atoms with Crippen molar-refractivity contribution in [2.24, 2.45) is 0 Å². The predicted octanol–water partition coefficient (Wildman–Crippen LogP) is 2.13. The molecule has 0 amide bonds. The van der Waals surface area contributed by atoms with Gasteiger partial charge in [0.15, 0.2) is 0 Å². The van der Waals surface area contributed by atoms with Crippen LogP contribution in [0.25, 0.3) is 0 Å². The standard InChI is InChI=1S/C14H23N3O2/c1-5-17-11(4)14(9(2)15-17)10(3)16(8-13(18)19)12-6-7-12/h10,12H,5-8H2,1-4H3,(H,18,19). The quantitative estimate of drug-likeness (QED) is 0.856. The normalized spacial score (nSPS) is 16.9. The summed E-state index contributed by atoms with van der Waals surface area (Å²) in [6.45, 7) is 9.21. The van der Waals surface area contributed by atoms with Crippen LogP contribution in [0.3, 0.4) is 0 Å².